The monoisotopic (exact) mass is 188 g/mol. The van der Waals surface area contributed by atoms with Gasteiger partial charge in [-0.1, -0.05) is 0 Å². The third-order valence-corrected chi connectivity index (χ3v) is 2.31. The van der Waals surface area contributed by atoms with Gasteiger partial charge in [0.1, 0.15) is 5.75 Å². The number of phenols is 1. The smallest absolute Gasteiger partial charge is 0.118 e. The van der Waals surface area contributed by atoms with E-state index in [9.17, 15) is 5.11 Å². The molecule has 1 aromatic carbocycles. The quantitative estimate of drug-likeness (QED) is 0.744. The lowest BCUT2D eigenvalue weighted by molar-refractivity contribution is 0.471. The van der Waals surface area contributed by atoms with Crippen LogP contribution in [0.5, 0.6) is 5.75 Å². The molecule has 1 N–H and O–H groups in total. The van der Waals surface area contributed by atoms with Crippen LogP contribution >= 0.6 is 0 Å². The zero-order valence-corrected chi connectivity index (χ0v) is 8.23. The number of hydrogen-bond acceptors (Lipinski definition) is 2. The summed E-state index contributed by atoms with van der Waals surface area (Å²) in [7, 11) is 1.90. The van der Waals surface area contributed by atoms with Crippen LogP contribution in [0.3, 0.4) is 0 Å². The fourth-order valence-electron chi connectivity index (χ4n) is 1.47. The molecule has 2 aromatic rings. The first-order valence-corrected chi connectivity index (χ1v) is 4.46. The Bertz CT molecular complexity index is 460. The molecule has 0 aliphatic rings. The SMILES string of the molecule is Cc1cc(-c2ccnn2C)ccc1O. The molecule has 1 heterocycles. The Balaban J connectivity index is 2.53. The van der Waals surface area contributed by atoms with Crippen LogP contribution in [0.25, 0.3) is 11.3 Å². The normalized spacial score (nSPS) is 10.4. The molecule has 14 heavy (non-hydrogen) atoms. The predicted molar refractivity (Wildman–Crippen MR) is 55.0 cm³/mol. The Labute approximate surface area is 82.6 Å². The molecule has 0 aliphatic heterocycles. The topological polar surface area (TPSA) is 38.0 Å². The van der Waals surface area contributed by atoms with Crippen LogP contribution in [0, 0.1) is 6.92 Å². The number of phenolic OH excluding ortho intramolecular Hbond substituents is 1. The van der Waals surface area contributed by atoms with E-state index in [4.69, 9.17) is 0 Å². The summed E-state index contributed by atoms with van der Waals surface area (Å²) in [6, 6.07) is 7.50. The molecule has 0 radical (unpaired) electrons. The summed E-state index contributed by atoms with van der Waals surface area (Å²) in [6.45, 7) is 1.88. The van der Waals surface area contributed by atoms with Crippen LogP contribution in [-0.2, 0) is 7.05 Å². The molecule has 0 aliphatic carbocycles. The molecule has 0 fully saturated rings. The first-order valence-electron chi connectivity index (χ1n) is 4.46. The number of aryl methyl sites for hydroxylation is 2. The zero-order valence-electron chi connectivity index (χ0n) is 8.23. The zero-order chi connectivity index (χ0) is 10.1. The maximum atomic E-state index is 9.39. The Kier molecular flexibility index (Phi) is 2.00. The van der Waals surface area contributed by atoms with Gasteiger partial charge in [0, 0.05) is 18.8 Å². The second-order valence-corrected chi connectivity index (χ2v) is 3.34. The largest absolute Gasteiger partial charge is 0.508 e. The van der Waals surface area contributed by atoms with Gasteiger partial charge in [-0.15, -0.1) is 0 Å². The molecule has 0 unspecified atom stereocenters. The average Bonchev–Trinajstić information content (AvgIpc) is 2.57. The molecule has 0 amide bonds. The van der Waals surface area contributed by atoms with Crippen molar-refractivity contribution < 1.29 is 5.11 Å². The summed E-state index contributed by atoms with van der Waals surface area (Å²) < 4.78 is 1.81. The lowest BCUT2D eigenvalue weighted by atomic mass is 10.1. The average molecular weight is 188 g/mol. The molecule has 3 nitrogen and oxygen atoms in total. The lowest BCUT2D eigenvalue weighted by Crippen LogP contribution is -1.93. The van der Waals surface area contributed by atoms with Crippen molar-refractivity contribution in [3.8, 4) is 17.0 Å². The van der Waals surface area contributed by atoms with Gasteiger partial charge in [-0.05, 0) is 36.8 Å². The number of benzene rings is 1. The number of aromatic hydroxyl groups is 1. The first-order chi connectivity index (χ1) is 6.68. The van der Waals surface area contributed by atoms with Crippen LogP contribution < -0.4 is 0 Å². The Morgan fingerprint density at radius 3 is 2.64 bits per heavy atom. The van der Waals surface area contributed by atoms with Gasteiger partial charge in [-0.25, -0.2) is 0 Å². The van der Waals surface area contributed by atoms with Crippen molar-refractivity contribution in [2.45, 2.75) is 6.92 Å². The molecule has 0 spiro atoms. The van der Waals surface area contributed by atoms with Gasteiger partial charge in [0.25, 0.3) is 0 Å². The van der Waals surface area contributed by atoms with Crippen molar-refractivity contribution in [3.05, 3.63) is 36.0 Å². The van der Waals surface area contributed by atoms with Gasteiger partial charge in [-0.3, -0.25) is 4.68 Å². The fraction of sp³-hybridized carbons (Fsp3) is 0.182. The molecular formula is C11H12N2O. The second kappa shape index (κ2) is 3.18. The number of aromatic nitrogens is 2. The number of nitrogens with zero attached hydrogens (tertiary/aromatic N) is 2. The van der Waals surface area contributed by atoms with Gasteiger partial charge in [-0.2, -0.15) is 5.10 Å². The standard InChI is InChI=1S/C11H12N2O/c1-8-7-9(3-4-11(8)14)10-5-6-12-13(10)2/h3-7,14H,1-2H3. The van der Waals surface area contributed by atoms with E-state index >= 15 is 0 Å². The van der Waals surface area contributed by atoms with Crippen LogP contribution in [0.15, 0.2) is 30.5 Å². The number of hydrogen-bond donors (Lipinski definition) is 1. The summed E-state index contributed by atoms with van der Waals surface area (Å²) in [5.41, 5.74) is 3.00. The molecule has 2 rings (SSSR count). The third kappa shape index (κ3) is 1.37. The van der Waals surface area contributed by atoms with Crippen LogP contribution in [0.2, 0.25) is 0 Å². The highest BCUT2D eigenvalue weighted by molar-refractivity contribution is 5.61. The summed E-state index contributed by atoms with van der Waals surface area (Å²) in [4.78, 5) is 0. The minimum atomic E-state index is 0.330. The van der Waals surface area contributed by atoms with Gasteiger partial charge in [0.05, 0.1) is 5.69 Å². The van der Waals surface area contributed by atoms with Gasteiger partial charge < -0.3 is 5.11 Å². The van der Waals surface area contributed by atoms with Crippen LogP contribution in [-0.4, -0.2) is 14.9 Å². The lowest BCUT2D eigenvalue weighted by Gasteiger charge is -2.04. The molecular weight excluding hydrogens is 176 g/mol. The highest BCUT2D eigenvalue weighted by Crippen LogP contribution is 2.24. The van der Waals surface area contributed by atoms with Crippen molar-refractivity contribution in [1.29, 1.82) is 0 Å². The van der Waals surface area contributed by atoms with Crippen LogP contribution in [0.1, 0.15) is 5.56 Å². The molecule has 0 atom stereocenters. The van der Waals surface area contributed by atoms with E-state index in [-0.39, 0.29) is 0 Å². The molecule has 3 heteroatoms. The molecule has 1 aromatic heterocycles. The summed E-state index contributed by atoms with van der Waals surface area (Å²) in [6.07, 6.45) is 1.76. The van der Waals surface area contributed by atoms with Crippen LogP contribution in [0.4, 0.5) is 0 Å². The fourth-order valence-corrected chi connectivity index (χ4v) is 1.47. The minimum absolute atomic E-state index is 0.330. The van der Waals surface area contributed by atoms with Crippen molar-refractivity contribution in [2.24, 2.45) is 7.05 Å². The first kappa shape index (κ1) is 8.81. The summed E-state index contributed by atoms with van der Waals surface area (Å²) >= 11 is 0. The minimum Gasteiger partial charge on any atom is -0.508 e. The van der Waals surface area contributed by atoms with E-state index < -0.39 is 0 Å². The van der Waals surface area contributed by atoms with Crippen molar-refractivity contribution in [3.63, 3.8) is 0 Å². The highest BCUT2D eigenvalue weighted by atomic mass is 16.3. The van der Waals surface area contributed by atoms with E-state index in [1.54, 1.807) is 12.3 Å². The highest BCUT2D eigenvalue weighted by Gasteiger charge is 2.03. The Hall–Kier alpha value is -1.77. The van der Waals surface area contributed by atoms with E-state index in [0.717, 1.165) is 16.8 Å². The second-order valence-electron chi connectivity index (χ2n) is 3.34. The predicted octanol–water partition coefficient (Wildman–Crippen LogP) is 2.10. The maximum Gasteiger partial charge on any atom is 0.118 e. The molecule has 72 valence electrons. The molecule has 0 bridgehead atoms. The summed E-state index contributed by atoms with van der Waals surface area (Å²) in [5.74, 6) is 0.330. The van der Waals surface area contributed by atoms with Gasteiger partial charge in [0.15, 0.2) is 0 Å². The Morgan fingerprint density at radius 1 is 1.29 bits per heavy atom. The maximum absolute atomic E-state index is 9.39. The van der Waals surface area contributed by atoms with E-state index in [1.165, 1.54) is 0 Å². The van der Waals surface area contributed by atoms with E-state index in [2.05, 4.69) is 5.10 Å². The van der Waals surface area contributed by atoms with Gasteiger partial charge >= 0.3 is 0 Å². The molecule has 0 saturated carbocycles. The van der Waals surface area contributed by atoms with Crippen molar-refractivity contribution in [1.82, 2.24) is 9.78 Å². The van der Waals surface area contributed by atoms with Crippen molar-refractivity contribution >= 4 is 0 Å². The number of rotatable bonds is 1. The molecule has 0 saturated heterocycles. The third-order valence-electron chi connectivity index (χ3n) is 2.31. The van der Waals surface area contributed by atoms with Gasteiger partial charge in [0.2, 0.25) is 0 Å². The van der Waals surface area contributed by atoms with E-state index in [1.807, 2.05) is 36.9 Å². The summed E-state index contributed by atoms with van der Waals surface area (Å²) in [5, 5.41) is 13.5. The van der Waals surface area contributed by atoms with E-state index in [0.29, 0.717) is 5.75 Å². The van der Waals surface area contributed by atoms with Crippen molar-refractivity contribution in [2.75, 3.05) is 0 Å². The Morgan fingerprint density at radius 2 is 2.07 bits per heavy atom.